The molecule has 0 bridgehead atoms. The van der Waals surface area contributed by atoms with Gasteiger partial charge >= 0.3 is 0 Å². The van der Waals surface area contributed by atoms with Crippen LogP contribution in [0.4, 0.5) is 5.69 Å². The van der Waals surface area contributed by atoms with Gasteiger partial charge in [0.15, 0.2) is 0 Å². The molecule has 1 heterocycles. The van der Waals surface area contributed by atoms with Gasteiger partial charge in [-0.1, -0.05) is 31.0 Å². The number of ether oxygens (including phenoxy) is 1. The second-order valence-electron chi connectivity index (χ2n) is 5.99. The molecule has 2 N–H and O–H groups in total. The topological polar surface area (TPSA) is 55.6 Å². The Morgan fingerprint density at radius 1 is 1.40 bits per heavy atom. The minimum Gasteiger partial charge on any atom is -0.383 e. The molecule has 1 spiro atoms. The lowest BCUT2D eigenvalue weighted by molar-refractivity contribution is -0.120. The van der Waals surface area contributed by atoms with Crippen LogP contribution < -0.4 is 10.6 Å². The van der Waals surface area contributed by atoms with Crippen molar-refractivity contribution >= 4 is 11.6 Å². The zero-order valence-electron chi connectivity index (χ0n) is 12.0. The molecule has 1 amide bonds. The number of anilines is 1. The number of nitrogens with zero attached hydrogens (tertiary/aromatic N) is 1. The molecule has 108 valence electrons. The third kappa shape index (κ3) is 2.03. The minimum absolute atomic E-state index is 0.0249. The van der Waals surface area contributed by atoms with E-state index in [9.17, 15) is 4.79 Å². The number of hydrogen-bond donors (Lipinski definition) is 1. The lowest BCUT2D eigenvalue weighted by Gasteiger charge is -2.26. The molecule has 4 heteroatoms. The summed E-state index contributed by atoms with van der Waals surface area (Å²) in [6, 6.07) is 7.71. The Kier molecular flexibility index (Phi) is 3.52. The highest BCUT2D eigenvalue weighted by atomic mass is 16.5. The Labute approximate surface area is 119 Å². The molecule has 1 aliphatic carbocycles. The van der Waals surface area contributed by atoms with Crippen LogP contribution in [0.25, 0.3) is 0 Å². The first kappa shape index (κ1) is 13.6. The maximum absolute atomic E-state index is 12.6. The number of nitrogens with two attached hydrogens (primary N) is 1. The third-order valence-corrected chi connectivity index (χ3v) is 4.72. The van der Waals surface area contributed by atoms with Crippen LogP contribution in [0.15, 0.2) is 24.3 Å². The lowest BCUT2D eigenvalue weighted by Crippen LogP contribution is -2.47. The van der Waals surface area contributed by atoms with Crippen molar-refractivity contribution in [1.29, 1.82) is 0 Å². The van der Waals surface area contributed by atoms with Gasteiger partial charge in [-0.3, -0.25) is 4.79 Å². The number of hydrogen-bond acceptors (Lipinski definition) is 3. The van der Waals surface area contributed by atoms with Crippen molar-refractivity contribution in [1.82, 2.24) is 0 Å². The summed E-state index contributed by atoms with van der Waals surface area (Å²) in [5.74, 6) is -0.0249. The van der Waals surface area contributed by atoms with Gasteiger partial charge in [0.2, 0.25) is 5.91 Å². The van der Waals surface area contributed by atoms with Gasteiger partial charge in [0.05, 0.1) is 6.61 Å². The zero-order chi connectivity index (χ0) is 14.2. The fourth-order valence-corrected chi connectivity index (χ4v) is 3.76. The van der Waals surface area contributed by atoms with Gasteiger partial charge < -0.3 is 15.4 Å². The summed E-state index contributed by atoms with van der Waals surface area (Å²) in [7, 11) is 1.57. The molecule has 1 aliphatic heterocycles. The molecule has 20 heavy (non-hydrogen) atoms. The van der Waals surface area contributed by atoms with Crippen molar-refractivity contribution in [2.75, 3.05) is 25.2 Å². The van der Waals surface area contributed by atoms with E-state index in [0.29, 0.717) is 0 Å². The number of para-hydroxylation sites is 1. The molecule has 1 saturated carbocycles. The Morgan fingerprint density at radius 3 is 2.80 bits per heavy atom. The predicted octanol–water partition coefficient (Wildman–Crippen LogP) is 1.82. The van der Waals surface area contributed by atoms with E-state index in [-0.39, 0.29) is 17.9 Å². The van der Waals surface area contributed by atoms with E-state index in [1.807, 2.05) is 17.0 Å². The molecule has 1 aromatic carbocycles. The van der Waals surface area contributed by atoms with Gasteiger partial charge in [-0.25, -0.2) is 0 Å². The number of carbonyl (C=O) groups excluding carboxylic acids is 1. The fourth-order valence-electron chi connectivity index (χ4n) is 3.76. The van der Waals surface area contributed by atoms with Crippen LogP contribution in [-0.2, 0) is 14.9 Å². The molecule has 0 aromatic heterocycles. The molecular weight excluding hydrogens is 252 g/mol. The first-order valence-electron chi connectivity index (χ1n) is 7.33. The Hall–Kier alpha value is -1.39. The highest BCUT2D eigenvalue weighted by Gasteiger charge is 2.46. The fraction of sp³-hybridized carbons (Fsp3) is 0.562. The van der Waals surface area contributed by atoms with E-state index < -0.39 is 6.04 Å². The maximum atomic E-state index is 12.6. The van der Waals surface area contributed by atoms with Crippen molar-refractivity contribution in [2.45, 2.75) is 37.1 Å². The van der Waals surface area contributed by atoms with Gasteiger partial charge in [-0.05, 0) is 24.5 Å². The molecule has 0 saturated heterocycles. The molecule has 1 aromatic rings. The van der Waals surface area contributed by atoms with Crippen molar-refractivity contribution in [3.63, 3.8) is 0 Å². The summed E-state index contributed by atoms with van der Waals surface area (Å²) >= 11 is 0. The molecule has 0 radical (unpaired) electrons. The quantitative estimate of drug-likeness (QED) is 0.914. The molecule has 4 nitrogen and oxygen atoms in total. The minimum atomic E-state index is -0.579. The van der Waals surface area contributed by atoms with Crippen molar-refractivity contribution < 1.29 is 9.53 Å². The van der Waals surface area contributed by atoms with E-state index in [1.165, 1.54) is 31.2 Å². The summed E-state index contributed by atoms with van der Waals surface area (Å²) in [6.07, 6.45) is 4.85. The van der Waals surface area contributed by atoms with E-state index in [2.05, 4.69) is 12.1 Å². The Morgan fingerprint density at radius 2 is 2.10 bits per heavy atom. The molecule has 1 atom stereocenters. The number of methoxy groups -OCH3 is 1. The Bertz CT molecular complexity index is 509. The largest absolute Gasteiger partial charge is 0.383 e. The van der Waals surface area contributed by atoms with E-state index in [4.69, 9.17) is 10.5 Å². The van der Waals surface area contributed by atoms with Crippen molar-refractivity contribution in [3.05, 3.63) is 29.8 Å². The Balaban J connectivity index is 1.93. The van der Waals surface area contributed by atoms with Crippen LogP contribution in [-0.4, -0.2) is 32.2 Å². The van der Waals surface area contributed by atoms with Crippen molar-refractivity contribution in [2.24, 2.45) is 5.73 Å². The highest BCUT2D eigenvalue weighted by molar-refractivity contribution is 5.99. The third-order valence-electron chi connectivity index (χ3n) is 4.72. The SMILES string of the molecule is COCC(N)C(=O)N1CC2(CCCC2)c2ccccc21. The first-order chi connectivity index (χ1) is 9.68. The van der Waals surface area contributed by atoms with Gasteiger partial charge in [0.25, 0.3) is 0 Å². The summed E-state index contributed by atoms with van der Waals surface area (Å²) in [5, 5.41) is 0. The highest BCUT2D eigenvalue weighted by Crippen LogP contribution is 2.50. The summed E-state index contributed by atoms with van der Waals surface area (Å²) in [5.41, 5.74) is 8.48. The molecule has 1 unspecified atom stereocenters. The van der Waals surface area contributed by atoms with Gasteiger partial charge in [0, 0.05) is 24.8 Å². The monoisotopic (exact) mass is 274 g/mol. The number of rotatable bonds is 3. The van der Waals surface area contributed by atoms with Crippen LogP contribution in [0.2, 0.25) is 0 Å². The molecule has 1 fully saturated rings. The number of benzene rings is 1. The van der Waals surface area contributed by atoms with Gasteiger partial charge in [-0.2, -0.15) is 0 Å². The van der Waals surface area contributed by atoms with E-state index in [1.54, 1.807) is 7.11 Å². The van der Waals surface area contributed by atoms with Crippen LogP contribution in [0.5, 0.6) is 0 Å². The lowest BCUT2D eigenvalue weighted by atomic mass is 9.81. The van der Waals surface area contributed by atoms with E-state index >= 15 is 0 Å². The first-order valence-corrected chi connectivity index (χ1v) is 7.33. The standard InChI is InChI=1S/C16H22N2O2/c1-20-10-13(17)15(19)18-11-16(8-4-5-9-16)12-6-2-3-7-14(12)18/h2-3,6-7,13H,4-5,8-11,17H2,1H3. The van der Waals surface area contributed by atoms with Gasteiger partial charge in [0.1, 0.15) is 6.04 Å². The summed E-state index contributed by atoms with van der Waals surface area (Å²) in [4.78, 5) is 14.4. The maximum Gasteiger partial charge on any atom is 0.246 e. The number of amides is 1. The van der Waals surface area contributed by atoms with Crippen LogP contribution >= 0.6 is 0 Å². The van der Waals surface area contributed by atoms with E-state index in [0.717, 1.165) is 12.2 Å². The van der Waals surface area contributed by atoms with Crippen molar-refractivity contribution in [3.8, 4) is 0 Å². The normalized spacial score (nSPS) is 21.2. The number of fused-ring (bicyclic) bond motifs is 2. The second kappa shape index (κ2) is 5.19. The zero-order valence-corrected chi connectivity index (χ0v) is 12.0. The van der Waals surface area contributed by atoms with Gasteiger partial charge in [-0.15, -0.1) is 0 Å². The average molecular weight is 274 g/mol. The summed E-state index contributed by atoms with van der Waals surface area (Å²) < 4.78 is 5.02. The summed E-state index contributed by atoms with van der Waals surface area (Å²) in [6.45, 7) is 1.05. The molecular formula is C16H22N2O2. The van der Waals surface area contributed by atoms with Crippen LogP contribution in [0.1, 0.15) is 31.2 Å². The molecule has 3 rings (SSSR count). The number of carbonyl (C=O) groups is 1. The molecule has 2 aliphatic rings. The average Bonchev–Trinajstić information content (AvgIpc) is 3.06. The van der Waals surface area contributed by atoms with Crippen LogP contribution in [0.3, 0.4) is 0 Å². The predicted molar refractivity (Wildman–Crippen MR) is 78.8 cm³/mol. The van der Waals surface area contributed by atoms with Crippen LogP contribution in [0, 0.1) is 0 Å². The smallest absolute Gasteiger partial charge is 0.246 e. The second-order valence-corrected chi connectivity index (χ2v) is 5.99.